The quantitative estimate of drug-likeness (QED) is 0.787. The zero-order chi connectivity index (χ0) is 15.4. The third-order valence-corrected chi connectivity index (χ3v) is 4.46. The first-order chi connectivity index (χ1) is 10.0. The number of amides is 1. The van der Waals surface area contributed by atoms with Crippen molar-refractivity contribution in [1.29, 1.82) is 0 Å². The Bertz CT molecular complexity index is 533. The second-order valence-corrected chi connectivity index (χ2v) is 6.21. The number of hydrogen-bond acceptors (Lipinski definition) is 3. The van der Waals surface area contributed by atoms with Gasteiger partial charge in [-0.15, -0.1) is 11.8 Å². The van der Waals surface area contributed by atoms with Crippen molar-refractivity contribution >= 4 is 23.6 Å². The average molecular weight is 311 g/mol. The Balaban J connectivity index is 1.88. The lowest BCUT2D eigenvalue weighted by atomic mass is 10.2. The Morgan fingerprint density at radius 2 is 2.10 bits per heavy atom. The number of halogens is 1. The van der Waals surface area contributed by atoms with Gasteiger partial charge in [-0.25, -0.2) is 9.18 Å². The molecule has 0 bridgehead atoms. The highest BCUT2D eigenvalue weighted by Crippen LogP contribution is 2.30. The molecule has 1 N–H and O–H groups in total. The van der Waals surface area contributed by atoms with Gasteiger partial charge in [0.15, 0.2) is 0 Å². The molecule has 1 saturated carbocycles. The molecule has 0 radical (unpaired) electrons. The zero-order valence-electron chi connectivity index (χ0n) is 11.8. The van der Waals surface area contributed by atoms with Crippen LogP contribution >= 0.6 is 11.8 Å². The average Bonchev–Trinajstić information content (AvgIpc) is 3.25. The van der Waals surface area contributed by atoms with Crippen LogP contribution in [0.15, 0.2) is 29.2 Å². The minimum absolute atomic E-state index is 0.0575. The topological polar surface area (TPSA) is 57.6 Å². The predicted molar refractivity (Wildman–Crippen MR) is 78.7 cm³/mol. The SMILES string of the molecule is CC(C(=O)O)N(C(=O)CCSc1ccccc1F)C1CC1. The maximum absolute atomic E-state index is 13.5. The van der Waals surface area contributed by atoms with Crippen LogP contribution in [-0.2, 0) is 9.59 Å². The van der Waals surface area contributed by atoms with Crippen LogP contribution in [0, 0.1) is 5.82 Å². The summed E-state index contributed by atoms with van der Waals surface area (Å²) in [4.78, 5) is 25.2. The summed E-state index contributed by atoms with van der Waals surface area (Å²) in [5.74, 6) is -1.02. The fourth-order valence-corrected chi connectivity index (χ4v) is 3.02. The van der Waals surface area contributed by atoms with Crippen molar-refractivity contribution in [1.82, 2.24) is 4.90 Å². The lowest BCUT2D eigenvalue weighted by Gasteiger charge is -2.26. The lowest BCUT2D eigenvalue weighted by molar-refractivity contribution is -0.149. The van der Waals surface area contributed by atoms with E-state index in [0.717, 1.165) is 12.8 Å². The van der Waals surface area contributed by atoms with Crippen molar-refractivity contribution in [3.63, 3.8) is 0 Å². The van der Waals surface area contributed by atoms with Crippen LogP contribution in [0.4, 0.5) is 4.39 Å². The van der Waals surface area contributed by atoms with Crippen LogP contribution < -0.4 is 0 Å². The van der Waals surface area contributed by atoms with Crippen LogP contribution in [0.1, 0.15) is 26.2 Å². The highest BCUT2D eigenvalue weighted by molar-refractivity contribution is 7.99. The van der Waals surface area contributed by atoms with E-state index in [0.29, 0.717) is 10.6 Å². The Kier molecular flexibility index (Phi) is 5.22. The number of benzene rings is 1. The third kappa shape index (κ3) is 4.20. The molecule has 1 aliphatic rings. The van der Waals surface area contributed by atoms with Gasteiger partial charge in [-0.2, -0.15) is 0 Å². The molecule has 0 heterocycles. The second kappa shape index (κ2) is 6.93. The van der Waals surface area contributed by atoms with Crippen molar-refractivity contribution in [2.75, 3.05) is 5.75 Å². The van der Waals surface area contributed by atoms with Gasteiger partial charge in [0, 0.05) is 23.1 Å². The summed E-state index contributed by atoms with van der Waals surface area (Å²) in [7, 11) is 0. The molecule has 1 aromatic carbocycles. The Morgan fingerprint density at radius 1 is 1.43 bits per heavy atom. The van der Waals surface area contributed by atoms with E-state index in [1.165, 1.54) is 29.7 Å². The number of carboxylic acid groups (broad SMARTS) is 1. The van der Waals surface area contributed by atoms with E-state index < -0.39 is 12.0 Å². The molecule has 0 aliphatic heterocycles. The summed E-state index contributed by atoms with van der Waals surface area (Å²) in [6.07, 6.45) is 1.95. The highest BCUT2D eigenvalue weighted by Gasteiger charge is 2.37. The molecule has 21 heavy (non-hydrogen) atoms. The lowest BCUT2D eigenvalue weighted by Crippen LogP contribution is -2.44. The number of carboxylic acids is 1. The molecule has 1 fully saturated rings. The molecule has 6 heteroatoms. The summed E-state index contributed by atoms with van der Waals surface area (Å²) in [5.41, 5.74) is 0. The molecule has 4 nitrogen and oxygen atoms in total. The van der Waals surface area contributed by atoms with Gasteiger partial charge < -0.3 is 10.0 Å². The van der Waals surface area contributed by atoms with Crippen LogP contribution in [-0.4, -0.2) is 39.7 Å². The molecule has 0 saturated heterocycles. The first kappa shape index (κ1) is 15.8. The van der Waals surface area contributed by atoms with E-state index in [1.54, 1.807) is 18.2 Å². The van der Waals surface area contributed by atoms with Gasteiger partial charge >= 0.3 is 5.97 Å². The van der Waals surface area contributed by atoms with Crippen LogP contribution in [0.3, 0.4) is 0 Å². The highest BCUT2D eigenvalue weighted by atomic mass is 32.2. The summed E-state index contributed by atoms with van der Waals surface area (Å²) in [5, 5.41) is 9.07. The molecule has 1 unspecified atom stereocenters. The van der Waals surface area contributed by atoms with Crippen molar-refractivity contribution < 1.29 is 19.1 Å². The van der Waals surface area contributed by atoms with Crippen molar-refractivity contribution in [3.8, 4) is 0 Å². The smallest absolute Gasteiger partial charge is 0.326 e. The maximum Gasteiger partial charge on any atom is 0.326 e. The van der Waals surface area contributed by atoms with E-state index >= 15 is 0 Å². The van der Waals surface area contributed by atoms with Crippen molar-refractivity contribution in [3.05, 3.63) is 30.1 Å². The molecular weight excluding hydrogens is 293 g/mol. The summed E-state index contributed by atoms with van der Waals surface area (Å²) in [6.45, 7) is 1.53. The number of nitrogens with zero attached hydrogens (tertiary/aromatic N) is 1. The first-order valence-electron chi connectivity index (χ1n) is 6.92. The second-order valence-electron chi connectivity index (χ2n) is 5.08. The fourth-order valence-electron chi connectivity index (χ4n) is 2.15. The van der Waals surface area contributed by atoms with Gasteiger partial charge in [0.2, 0.25) is 5.91 Å². The molecule has 114 valence electrons. The predicted octanol–water partition coefficient (Wildman–Crippen LogP) is 2.77. The largest absolute Gasteiger partial charge is 0.480 e. The molecule has 2 rings (SSSR count). The van der Waals surface area contributed by atoms with E-state index in [-0.39, 0.29) is 24.2 Å². The van der Waals surface area contributed by atoms with Crippen LogP contribution in [0.2, 0.25) is 0 Å². The Morgan fingerprint density at radius 3 is 2.67 bits per heavy atom. The van der Waals surface area contributed by atoms with Gasteiger partial charge in [0.1, 0.15) is 11.9 Å². The third-order valence-electron chi connectivity index (χ3n) is 3.41. The zero-order valence-corrected chi connectivity index (χ0v) is 12.6. The molecule has 0 aromatic heterocycles. The Labute approximate surface area is 127 Å². The van der Waals surface area contributed by atoms with Gasteiger partial charge in [-0.05, 0) is 31.9 Å². The Hall–Kier alpha value is -1.56. The van der Waals surface area contributed by atoms with Gasteiger partial charge in [0.25, 0.3) is 0 Å². The molecule has 1 aromatic rings. The van der Waals surface area contributed by atoms with E-state index in [9.17, 15) is 14.0 Å². The van der Waals surface area contributed by atoms with Gasteiger partial charge in [-0.3, -0.25) is 4.79 Å². The number of hydrogen-bond donors (Lipinski definition) is 1. The monoisotopic (exact) mass is 311 g/mol. The van der Waals surface area contributed by atoms with E-state index in [2.05, 4.69) is 0 Å². The van der Waals surface area contributed by atoms with Crippen LogP contribution in [0.5, 0.6) is 0 Å². The summed E-state index contributed by atoms with van der Waals surface area (Å²) >= 11 is 1.28. The molecule has 1 aliphatic carbocycles. The number of aliphatic carboxylic acids is 1. The molecule has 0 spiro atoms. The number of carbonyl (C=O) groups excluding carboxylic acids is 1. The van der Waals surface area contributed by atoms with Crippen molar-refractivity contribution in [2.45, 2.75) is 43.2 Å². The van der Waals surface area contributed by atoms with Crippen molar-refractivity contribution in [2.24, 2.45) is 0 Å². The minimum atomic E-state index is -0.989. The number of carbonyl (C=O) groups is 2. The fraction of sp³-hybridized carbons (Fsp3) is 0.467. The van der Waals surface area contributed by atoms with E-state index in [1.807, 2.05) is 0 Å². The van der Waals surface area contributed by atoms with Crippen LogP contribution in [0.25, 0.3) is 0 Å². The maximum atomic E-state index is 13.5. The standard InChI is InChI=1S/C15H18FNO3S/c1-10(15(19)20)17(11-6-7-11)14(18)8-9-21-13-5-3-2-4-12(13)16/h2-5,10-11H,6-9H2,1H3,(H,19,20). The summed E-state index contributed by atoms with van der Waals surface area (Å²) < 4.78 is 13.5. The van der Waals surface area contributed by atoms with Gasteiger partial charge in [-0.1, -0.05) is 12.1 Å². The van der Waals surface area contributed by atoms with Gasteiger partial charge in [0.05, 0.1) is 0 Å². The normalized spacial score (nSPS) is 15.5. The number of rotatable bonds is 7. The van der Waals surface area contributed by atoms with E-state index in [4.69, 9.17) is 5.11 Å². The first-order valence-corrected chi connectivity index (χ1v) is 7.90. The number of thioether (sulfide) groups is 1. The molecule has 1 amide bonds. The molecule has 1 atom stereocenters. The summed E-state index contributed by atoms with van der Waals surface area (Å²) in [6, 6.07) is 5.67. The molecular formula is C15H18FNO3S. The minimum Gasteiger partial charge on any atom is -0.480 e.